The van der Waals surface area contributed by atoms with Crippen molar-refractivity contribution in [3.05, 3.63) is 34.3 Å². The second-order valence-electron chi connectivity index (χ2n) is 3.36. The van der Waals surface area contributed by atoms with Gasteiger partial charge in [-0.15, -0.1) is 0 Å². The zero-order valence-corrected chi connectivity index (χ0v) is 10.6. The molecule has 0 unspecified atom stereocenters. The van der Waals surface area contributed by atoms with E-state index in [4.69, 9.17) is 0 Å². The summed E-state index contributed by atoms with van der Waals surface area (Å²) < 4.78 is 3.96. The molecule has 2 heterocycles. The van der Waals surface area contributed by atoms with Crippen molar-refractivity contribution in [3.63, 3.8) is 0 Å². The number of ketones is 1. The van der Waals surface area contributed by atoms with Crippen molar-refractivity contribution in [1.82, 2.24) is 19.6 Å². The average Bonchev–Trinajstić information content (AvgIpc) is 2.83. The summed E-state index contributed by atoms with van der Waals surface area (Å²) in [6.07, 6.45) is 3.37. The standard InChI is InChI=1S/C10H11BrN4O/c1-3-15-9(7(11)6-12-15)10(16)8-4-5-14(2)13-8/h4-6H,3H2,1-2H3. The summed E-state index contributed by atoms with van der Waals surface area (Å²) in [5.41, 5.74) is 0.972. The molecule has 16 heavy (non-hydrogen) atoms. The van der Waals surface area contributed by atoms with Crippen LogP contribution in [0.25, 0.3) is 0 Å². The first kappa shape index (κ1) is 11.1. The molecule has 0 radical (unpaired) electrons. The molecule has 0 saturated carbocycles. The number of hydrogen-bond donors (Lipinski definition) is 0. The normalized spacial score (nSPS) is 10.7. The quantitative estimate of drug-likeness (QED) is 0.804. The van der Waals surface area contributed by atoms with E-state index in [0.29, 0.717) is 22.4 Å². The molecule has 0 fully saturated rings. The topological polar surface area (TPSA) is 52.7 Å². The fourth-order valence-corrected chi connectivity index (χ4v) is 1.96. The summed E-state index contributed by atoms with van der Waals surface area (Å²) in [7, 11) is 1.78. The van der Waals surface area contributed by atoms with Gasteiger partial charge in [0.05, 0.1) is 10.7 Å². The molecule has 6 heteroatoms. The summed E-state index contributed by atoms with van der Waals surface area (Å²) in [6, 6.07) is 1.70. The molecule has 2 rings (SSSR count). The SMILES string of the molecule is CCn1ncc(Br)c1C(=O)c1ccn(C)n1. The number of rotatable bonds is 3. The summed E-state index contributed by atoms with van der Waals surface area (Å²) in [6.45, 7) is 2.59. The Morgan fingerprint density at radius 3 is 2.88 bits per heavy atom. The van der Waals surface area contributed by atoms with Crippen molar-refractivity contribution in [2.75, 3.05) is 0 Å². The monoisotopic (exact) mass is 282 g/mol. The highest BCUT2D eigenvalue weighted by atomic mass is 79.9. The van der Waals surface area contributed by atoms with Crippen molar-refractivity contribution in [3.8, 4) is 0 Å². The highest BCUT2D eigenvalue weighted by Gasteiger charge is 2.19. The van der Waals surface area contributed by atoms with Crippen LogP contribution in [0.4, 0.5) is 0 Å². The van der Waals surface area contributed by atoms with E-state index >= 15 is 0 Å². The van der Waals surface area contributed by atoms with Gasteiger partial charge in [0.2, 0.25) is 5.78 Å². The molecule has 0 atom stereocenters. The summed E-state index contributed by atoms with van der Waals surface area (Å²) in [4.78, 5) is 12.2. The molecular weight excluding hydrogens is 272 g/mol. The zero-order chi connectivity index (χ0) is 11.7. The van der Waals surface area contributed by atoms with Crippen LogP contribution in [0.15, 0.2) is 22.9 Å². The van der Waals surface area contributed by atoms with Crippen molar-refractivity contribution in [1.29, 1.82) is 0 Å². The molecule has 0 N–H and O–H groups in total. The van der Waals surface area contributed by atoms with Crippen LogP contribution >= 0.6 is 15.9 Å². The second kappa shape index (κ2) is 4.21. The summed E-state index contributed by atoms with van der Waals surface area (Å²) in [5, 5.41) is 8.19. The van der Waals surface area contributed by atoms with E-state index in [1.807, 2.05) is 6.92 Å². The van der Waals surface area contributed by atoms with Gasteiger partial charge >= 0.3 is 0 Å². The van der Waals surface area contributed by atoms with E-state index in [9.17, 15) is 4.79 Å². The van der Waals surface area contributed by atoms with Crippen LogP contribution in [0.5, 0.6) is 0 Å². The highest BCUT2D eigenvalue weighted by Crippen LogP contribution is 2.19. The Morgan fingerprint density at radius 1 is 1.56 bits per heavy atom. The fraction of sp³-hybridized carbons (Fsp3) is 0.300. The highest BCUT2D eigenvalue weighted by molar-refractivity contribution is 9.10. The van der Waals surface area contributed by atoms with Gasteiger partial charge in [-0.1, -0.05) is 0 Å². The average molecular weight is 283 g/mol. The third-order valence-corrected chi connectivity index (χ3v) is 2.84. The first-order valence-electron chi connectivity index (χ1n) is 4.89. The Hall–Kier alpha value is -1.43. The van der Waals surface area contributed by atoms with Crippen LogP contribution in [0.3, 0.4) is 0 Å². The fourth-order valence-electron chi connectivity index (χ4n) is 1.49. The smallest absolute Gasteiger partial charge is 0.232 e. The van der Waals surface area contributed by atoms with E-state index < -0.39 is 0 Å². The maximum atomic E-state index is 12.2. The second-order valence-corrected chi connectivity index (χ2v) is 4.21. The van der Waals surface area contributed by atoms with Gasteiger partial charge in [0, 0.05) is 19.8 Å². The van der Waals surface area contributed by atoms with Crippen molar-refractivity contribution >= 4 is 21.7 Å². The van der Waals surface area contributed by atoms with Crippen LogP contribution in [-0.4, -0.2) is 25.3 Å². The predicted molar refractivity (Wildman–Crippen MR) is 62.2 cm³/mol. The van der Waals surface area contributed by atoms with Gasteiger partial charge < -0.3 is 0 Å². The number of nitrogens with zero attached hydrogens (tertiary/aromatic N) is 4. The molecule has 0 aromatic carbocycles. The molecule has 0 aliphatic heterocycles. The van der Waals surface area contributed by atoms with Gasteiger partial charge in [-0.2, -0.15) is 10.2 Å². The zero-order valence-electron chi connectivity index (χ0n) is 9.01. The number of halogens is 1. The lowest BCUT2D eigenvalue weighted by atomic mass is 10.2. The molecule has 0 aliphatic rings. The molecule has 0 bridgehead atoms. The number of carbonyl (C=O) groups excluding carboxylic acids is 1. The van der Waals surface area contributed by atoms with Crippen molar-refractivity contribution in [2.45, 2.75) is 13.5 Å². The minimum absolute atomic E-state index is 0.119. The lowest BCUT2D eigenvalue weighted by Gasteiger charge is -2.02. The van der Waals surface area contributed by atoms with Gasteiger partial charge in [-0.25, -0.2) is 0 Å². The van der Waals surface area contributed by atoms with Gasteiger partial charge in [0.1, 0.15) is 11.4 Å². The molecule has 0 aliphatic carbocycles. The van der Waals surface area contributed by atoms with E-state index in [-0.39, 0.29) is 5.78 Å². The van der Waals surface area contributed by atoms with E-state index in [1.165, 1.54) is 0 Å². The molecule has 2 aromatic heterocycles. The van der Waals surface area contributed by atoms with Crippen LogP contribution in [0.2, 0.25) is 0 Å². The lowest BCUT2D eigenvalue weighted by Crippen LogP contribution is -2.12. The molecular formula is C10H11BrN4O. The third-order valence-electron chi connectivity index (χ3n) is 2.26. The van der Waals surface area contributed by atoms with Gasteiger partial charge in [-0.3, -0.25) is 14.2 Å². The van der Waals surface area contributed by atoms with E-state index in [0.717, 1.165) is 0 Å². The predicted octanol–water partition coefficient (Wildman–Crippen LogP) is 1.63. The maximum absolute atomic E-state index is 12.2. The first-order valence-corrected chi connectivity index (χ1v) is 5.68. The van der Waals surface area contributed by atoms with Gasteiger partial charge in [-0.05, 0) is 28.9 Å². The maximum Gasteiger partial charge on any atom is 0.232 e. The molecule has 2 aromatic rings. The summed E-state index contributed by atoms with van der Waals surface area (Å²) in [5.74, 6) is -0.119. The minimum atomic E-state index is -0.119. The Kier molecular flexibility index (Phi) is 2.91. The van der Waals surface area contributed by atoms with Crippen LogP contribution in [0, 0.1) is 0 Å². The molecule has 0 spiro atoms. The largest absolute Gasteiger partial charge is 0.285 e. The number of aromatic nitrogens is 4. The van der Waals surface area contributed by atoms with E-state index in [2.05, 4.69) is 26.1 Å². The van der Waals surface area contributed by atoms with Gasteiger partial charge in [0.25, 0.3) is 0 Å². The lowest BCUT2D eigenvalue weighted by molar-refractivity contribution is 0.102. The number of hydrogen-bond acceptors (Lipinski definition) is 3. The number of carbonyl (C=O) groups is 1. The Labute approximate surface area is 101 Å². The minimum Gasteiger partial charge on any atom is -0.285 e. The van der Waals surface area contributed by atoms with Crippen LogP contribution < -0.4 is 0 Å². The van der Waals surface area contributed by atoms with Gasteiger partial charge in [0.15, 0.2) is 0 Å². The summed E-state index contributed by atoms with van der Waals surface area (Å²) >= 11 is 3.32. The Bertz CT molecular complexity index is 529. The van der Waals surface area contributed by atoms with E-state index in [1.54, 1.807) is 34.9 Å². The first-order chi connectivity index (χ1) is 7.63. The molecule has 5 nitrogen and oxygen atoms in total. The third kappa shape index (κ3) is 1.80. The number of aryl methyl sites for hydroxylation is 2. The molecule has 0 saturated heterocycles. The Balaban J connectivity index is 2.44. The van der Waals surface area contributed by atoms with Crippen LogP contribution in [-0.2, 0) is 13.6 Å². The van der Waals surface area contributed by atoms with Crippen LogP contribution in [0.1, 0.15) is 23.1 Å². The Morgan fingerprint density at radius 2 is 2.31 bits per heavy atom. The van der Waals surface area contributed by atoms with Crippen molar-refractivity contribution in [2.24, 2.45) is 7.05 Å². The molecule has 84 valence electrons. The van der Waals surface area contributed by atoms with Crippen molar-refractivity contribution < 1.29 is 4.79 Å². The molecule has 0 amide bonds.